The zero-order valence-corrected chi connectivity index (χ0v) is 28.6. The summed E-state index contributed by atoms with van der Waals surface area (Å²) in [6.07, 6.45) is 3.56. The van der Waals surface area contributed by atoms with Crippen LogP contribution in [-0.2, 0) is 0 Å². The maximum absolute atomic E-state index is 6.35. The number of rotatable bonds is 4. The van der Waals surface area contributed by atoms with Gasteiger partial charge in [-0.05, 0) is 78.7 Å². The second-order valence-electron chi connectivity index (χ2n) is 13.7. The molecular formula is C50H30N2O. The third-order valence-corrected chi connectivity index (χ3v) is 10.8. The highest BCUT2D eigenvalue weighted by molar-refractivity contribution is 6.23. The van der Waals surface area contributed by atoms with E-state index in [0.717, 1.165) is 54.9 Å². The first-order valence-corrected chi connectivity index (χ1v) is 18.0. The van der Waals surface area contributed by atoms with E-state index in [2.05, 4.69) is 158 Å². The molecule has 0 aliphatic rings. The summed E-state index contributed by atoms with van der Waals surface area (Å²) in [6, 6.07) is 61.0. The smallest absolute Gasteiger partial charge is 0.143 e. The van der Waals surface area contributed by atoms with Crippen molar-refractivity contribution in [3.05, 3.63) is 182 Å². The molecule has 3 heteroatoms. The van der Waals surface area contributed by atoms with Crippen LogP contribution in [0.4, 0.5) is 0 Å². The number of hydrogen-bond acceptors (Lipinski definition) is 3. The van der Waals surface area contributed by atoms with Crippen LogP contribution in [0, 0.1) is 0 Å². The fourth-order valence-electron chi connectivity index (χ4n) is 8.29. The average Bonchev–Trinajstić information content (AvgIpc) is 3.62. The van der Waals surface area contributed by atoms with Crippen molar-refractivity contribution in [1.82, 2.24) is 9.97 Å². The Balaban J connectivity index is 0.985. The first kappa shape index (κ1) is 29.6. The summed E-state index contributed by atoms with van der Waals surface area (Å²) < 4.78 is 6.35. The molecule has 9 aromatic carbocycles. The number of aromatic nitrogens is 2. The highest BCUT2D eigenvalue weighted by Crippen LogP contribution is 2.40. The van der Waals surface area contributed by atoms with Crippen LogP contribution >= 0.6 is 0 Å². The molecule has 0 amide bonds. The average molecular weight is 675 g/mol. The van der Waals surface area contributed by atoms with E-state index in [4.69, 9.17) is 14.4 Å². The molecule has 0 bridgehead atoms. The molecule has 0 atom stereocenters. The summed E-state index contributed by atoms with van der Waals surface area (Å²) in [7, 11) is 0. The first-order valence-electron chi connectivity index (χ1n) is 18.0. The van der Waals surface area contributed by atoms with Crippen LogP contribution in [0.2, 0.25) is 0 Å². The van der Waals surface area contributed by atoms with Crippen molar-refractivity contribution in [1.29, 1.82) is 0 Å². The van der Waals surface area contributed by atoms with Gasteiger partial charge in [0.15, 0.2) is 0 Å². The van der Waals surface area contributed by atoms with Crippen molar-refractivity contribution in [2.75, 3.05) is 0 Å². The number of benzene rings is 9. The van der Waals surface area contributed by atoms with Gasteiger partial charge < -0.3 is 4.42 Å². The number of furan rings is 1. The Hall–Kier alpha value is -7.10. The number of hydrogen-bond donors (Lipinski definition) is 0. The zero-order chi connectivity index (χ0) is 34.9. The van der Waals surface area contributed by atoms with Crippen molar-refractivity contribution >= 4 is 65.3 Å². The Kier molecular flexibility index (Phi) is 6.55. The van der Waals surface area contributed by atoms with Crippen LogP contribution in [0.15, 0.2) is 187 Å². The first-order chi connectivity index (χ1) is 26.3. The predicted octanol–water partition coefficient (Wildman–Crippen LogP) is 13.7. The summed E-state index contributed by atoms with van der Waals surface area (Å²) in [6.45, 7) is 0. The van der Waals surface area contributed by atoms with Gasteiger partial charge in [-0.25, -0.2) is 0 Å². The quantitative estimate of drug-likeness (QED) is 0.174. The lowest BCUT2D eigenvalue weighted by molar-refractivity contribution is 0.670. The van der Waals surface area contributed by atoms with Crippen molar-refractivity contribution in [3.63, 3.8) is 0 Å². The summed E-state index contributed by atoms with van der Waals surface area (Å²) in [5.41, 5.74) is 13.1. The molecule has 0 unspecified atom stereocenters. The second-order valence-corrected chi connectivity index (χ2v) is 13.7. The van der Waals surface area contributed by atoms with Crippen molar-refractivity contribution in [2.45, 2.75) is 0 Å². The number of para-hydroxylation sites is 2. The standard InChI is InChI=1S/C50H30N2O/c1-2-13-43-41(11-1)46-30-34(25-26-44(46)49-48(43)51-27-28-52-49)33-9-5-10-35(29-33)37-15-7-17-39-36(14-6-18-40(37)39)31-21-23-32(24-22-31)38-16-8-19-45-42-12-3-4-20-47(42)53-50(38)45/h1-30H. The highest BCUT2D eigenvalue weighted by atomic mass is 16.3. The third-order valence-electron chi connectivity index (χ3n) is 10.8. The van der Waals surface area contributed by atoms with Gasteiger partial charge in [0.2, 0.25) is 0 Å². The van der Waals surface area contributed by atoms with Crippen molar-refractivity contribution in [3.8, 4) is 44.5 Å². The fourth-order valence-corrected chi connectivity index (χ4v) is 8.29. The molecule has 0 N–H and O–H groups in total. The van der Waals surface area contributed by atoms with Gasteiger partial charge in [-0.15, -0.1) is 0 Å². The van der Waals surface area contributed by atoms with Gasteiger partial charge in [0.25, 0.3) is 0 Å². The van der Waals surface area contributed by atoms with E-state index < -0.39 is 0 Å². The Morgan fingerprint density at radius 1 is 0.302 bits per heavy atom. The summed E-state index contributed by atoms with van der Waals surface area (Å²) in [5, 5.41) is 9.37. The molecule has 11 rings (SSSR count). The minimum Gasteiger partial charge on any atom is -0.455 e. The van der Waals surface area contributed by atoms with E-state index >= 15 is 0 Å². The minimum absolute atomic E-state index is 0.915. The van der Waals surface area contributed by atoms with Crippen LogP contribution in [0.1, 0.15) is 0 Å². The molecule has 0 spiro atoms. The zero-order valence-electron chi connectivity index (χ0n) is 28.6. The molecule has 0 aliphatic carbocycles. The van der Waals surface area contributed by atoms with Gasteiger partial charge in [-0.1, -0.05) is 152 Å². The number of fused-ring (bicyclic) bond motifs is 10. The third kappa shape index (κ3) is 4.68. The molecule has 0 aliphatic heterocycles. The van der Waals surface area contributed by atoms with Gasteiger partial charge in [0.05, 0.1) is 11.0 Å². The molecule has 246 valence electrons. The van der Waals surface area contributed by atoms with Crippen LogP contribution in [0.5, 0.6) is 0 Å². The fraction of sp³-hybridized carbons (Fsp3) is 0. The predicted molar refractivity (Wildman–Crippen MR) is 221 cm³/mol. The summed E-state index contributed by atoms with van der Waals surface area (Å²) >= 11 is 0. The van der Waals surface area contributed by atoms with E-state index in [1.165, 1.54) is 54.9 Å². The van der Waals surface area contributed by atoms with Crippen molar-refractivity contribution < 1.29 is 4.42 Å². The van der Waals surface area contributed by atoms with E-state index in [9.17, 15) is 0 Å². The SMILES string of the molecule is c1cc(-c2ccc3c(c2)c2ccccc2c2nccnc32)cc(-c2cccc3c(-c4ccc(-c5cccc6c5oc5ccccc56)cc4)cccc23)c1. The molecule has 0 fully saturated rings. The lowest BCUT2D eigenvalue weighted by Crippen LogP contribution is -1.89. The van der Waals surface area contributed by atoms with Gasteiger partial charge in [-0.3, -0.25) is 9.97 Å². The second kappa shape index (κ2) is 11.7. The molecule has 0 radical (unpaired) electrons. The normalized spacial score (nSPS) is 11.8. The van der Waals surface area contributed by atoms with Crippen molar-refractivity contribution in [2.24, 2.45) is 0 Å². The van der Waals surface area contributed by atoms with Gasteiger partial charge in [0.1, 0.15) is 11.2 Å². The summed E-state index contributed by atoms with van der Waals surface area (Å²) in [4.78, 5) is 9.45. The Bertz CT molecular complexity index is 3190. The van der Waals surface area contributed by atoms with E-state index in [0.29, 0.717) is 0 Å². The van der Waals surface area contributed by atoms with E-state index in [1.54, 1.807) is 12.4 Å². The molecule has 53 heavy (non-hydrogen) atoms. The van der Waals surface area contributed by atoms with Gasteiger partial charge in [0, 0.05) is 39.5 Å². The van der Waals surface area contributed by atoms with Crippen LogP contribution in [0.25, 0.3) is 110 Å². The maximum atomic E-state index is 6.35. The Labute approximate surface area is 305 Å². The molecule has 2 aromatic heterocycles. The molecule has 3 nitrogen and oxygen atoms in total. The minimum atomic E-state index is 0.915. The molecule has 0 saturated carbocycles. The Morgan fingerprint density at radius 2 is 0.811 bits per heavy atom. The highest BCUT2D eigenvalue weighted by Gasteiger charge is 2.15. The summed E-state index contributed by atoms with van der Waals surface area (Å²) in [5.74, 6) is 0. The molecule has 0 saturated heterocycles. The molecule has 11 aromatic rings. The Morgan fingerprint density at radius 3 is 1.57 bits per heavy atom. The van der Waals surface area contributed by atoms with Crippen LogP contribution < -0.4 is 0 Å². The van der Waals surface area contributed by atoms with E-state index in [1.807, 2.05) is 12.1 Å². The van der Waals surface area contributed by atoms with E-state index in [-0.39, 0.29) is 0 Å². The van der Waals surface area contributed by atoms with Crippen LogP contribution in [-0.4, -0.2) is 9.97 Å². The molecular weight excluding hydrogens is 645 g/mol. The molecule has 2 heterocycles. The topological polar surface area (TPSA) is 38.9 Å². The lowest BCUT2D eigenvalue weighted by atomic mass is 9.90. The number of nitrogens with zero attached hydrogens (tertiary/aromatic N) is 2. The monoisotopic (exact) mass is 674 g/mol. The van der Waals surface area contributed by atoms with Gasteiger partial charge >= 0.3 is 0 Å². The lowest BCUT2D eigenvalue weighted by Gasteiger charge is -2.14. The maximum Gasteiger partial charge on any atom is 0.143 e. The largest absolute Gasteiger partial charge is 0.455 e. The van der Waals surface area contributed by atoms with Crippen LogP contribution in [0.3, 0.4) is 0 Å². The van der Waals surface area contributed by atoms with Gasteiger partial charge in [-0.2, -0.15) is 0 Å².